The first-order valence-electron chi connectivity index (χ1n) is 6.29. The van der Waals surface area contributed by atoms with Gasteiger partial charge in [-0.15, -0.1) is 0 Å². The number of aromatic nitrogens is 5. The number of hydrogen-bond acceptors (Lipinski definition) is 3. The standard InChI is InChI=1S/C14H14BrN5/c1-10-17-11(2)19(18-10)8-12-7-16-20(9-12)14-5-3-4-13(15)6-14/h3-7,9H,8H2,1-2H3. The van der Waals surface area contributed by atoms with E-state index in [9.17, 15) is 0 Å². The zero-order chi connectivity index (χ0) is 14.1. The van der Waals surface area contributed by atoms with Crippen molar-refractivity contribution in [3.63, 3.8) is 0 Å². The van der Waals surface area contributed by atoms with Gasteiger partial charge in [0.05, 0.1) is 18.4 Å². The number of nitrogens with zero attached hydrogens (tertiary/aromatic N) is 5. The van der Waals surface area contributed by atoms with Gasteiger partial charge in [0.25, 0.3) is 0 Å². The summed E-state index contributed by atoms with van der Waals surface area (Å²) in [6.07, 6.45) is 3.87. The Morgan fingerprint density at radius 1 is 1.25 bits per heavy atom. The van der Waals surface area contributed by atoms with Crippen LogP contribution in [0.1, 0.15) is 17.2 Å². The Morgan fingerprint density at radius 2 is 2.10 bits per heavy atom. The molecule has 0 saturated heterocycles. The highest BCUT2D eigenvalue weighted by atomic mass is 79.9. The minimum absolute atomic E-state index is 0.681. The van der Waals surface area contributed by atoms with Crippen LogP contribution in [0.2, 0.25) is 0 Å². The van der Waals surface area contributed by atoms with Crippen LogP contribution in [0.15, 0.2) is 41.1 Å². The first-order valence-corrected chi connectivity index (χ1v) is 7.08. The van der Waals surface area contributed by atoms with Gasteiger partial charge in [-0.25, -0.2) is 14.3 Å². The highest BCUT2D eigenvalue weighted by Gasteiger charge is 2.06. The van der Waals surface area contributed by atoms with E-state index in [0.29, 0.717) is 6.54 Å². The molecule has 0 unspecified atom stereocenters. The Kier molecular flexibility index (Phi) is 3.40. The highest BCUT2D eigenvalue weighted by Crippen LogP contribution is 2.15. The molecule has 0 radical (unpaired) electrons. The van der Waals surface area contributed by atoms with Crippen molar-refractivity contribution in [1.29, 1.82) is 0 Å². The van der Waals surface area contributed by atoms with Crippen LogP contribution >= 0.6 is 15.9 Å². The van der Waals surface area contributed by atoms with Crippen molar-refractivity contribution in [3.8, 4) is 5.69 Å². The summed E-state index contributed by atoms with van der Waals surface area (Å²) in [7, 11) is 0. The molecular formula is C14H14BrN5. The van der Waals surface area contributed by atoms with Gasteiger partial charge in [0.2, 0.25) is 0 Å². The summed E-state index contributed by atoms with van der Waals surface area (Å²) in [6.45, 7) is 4.54. The maximum Gasteiger partial charge on any atom is 0.147 e. The third-order valence-corrected chi connectivity index (χ3v) is 3.50. The summed E-state index contributed by atoms with van der Waals surface area (Å²) in [6, 6.07) is 8.04. The van der Waals surface area contributed by atoms with Gasteiger partial charge < -0.3 is 0 Å². The molecule has 0 bridgehead atoms. The lowest BCUT2D eigenvalue weighted by molar-refractivity contribution is 0.656. The zero-order valence-corrected chi connectivity index (χ0v) is 12.9. The van der Waals surface area contributed by atoms with Crippen molar-refractivity contribution in [3.05, 3.63) is 58.3 Å². The maximum atomic E-state index is 4.39. The molecule has 0 aliphatic heterocycles. The SMILES string of the molecule is Cc1nc(C)n(Cc2cnn(-c3cccc(Br)c3)c2)n1. The van der Waals surface area contributed by atoms with E-state index < -0.39 is 0 Å². The fourth-order valence-electron chi connectivity index (χ4n) is 2.09. The number of benzene rings is 1. The predicted molar refractivity (Wildman–Crippen MR) is 79.9 cm³/mol. The van der Waals surface area contributed by atoms with E-state index in [1.807, 2.05) is 59.9 Å². The van der Waals surface area contributed by atoms with Crippen molar-refractivity contribution in [2.24, 2.45) is 0 Å². The molecule has 2 heterocycles. The summed E-state index contributed by atoms with van der Waals surface area (Å²) in [5.41, 5.74) is 2.12. The van der Waals surface area contributed by atoms with Gasteiger partial charge in [0.1, 0.15) is 11.6 Å². The van der Waals surface area contributed by atoms with Crippen LogP contribution in [0.25, 0.3) is 5.69 Å². The van der Waals surface area contributed by atoms with E-state index in [0.717, 1.165) is 27.4 Å². The molecule has 0 aliphatic rings. The van der Waals surface area contributed by atoms with Crippen LogP contribution in [0.3, 0.4) is 0 Å². The Hall–Kier alpha value is -1.95. The molecule has 20 heavy (non-hydrogen) atoms. The molecule has 5 nitrogen and oxygen atoms in total. The third kappa shape index (κ3) is 2.65. The van der Waals surface area contributed by atoms with Gasteiger partial charge in [-0.2, -0.15) is 10.2 Å². The van der Waals surface area contributed by atoms with Crippen molar-refractivity contribution in [1.82, 2.24) is 24.5 Å². The molecule has 0 N–H and O–H groups in total. The minimum atomic E-state index is 0.681. The predicted octanol–water partition coefficient (Wildman–Crippen LogP) is 2.89. The normalized spacial score (nSPS) is 10.9. The van der Waals surface area contributed by atoms with E-state index in [-0.39, 0.29) is 0 Å². The van der Waals surface area contributed by atoms with Gasteiger partial charge in [0.15, 0.2) is 0 Å². The quantitative estimate of drug-likeness (QED) is 0.741. The fourth-order valence-corrected chi connectivity index (χ4v) is 2.47. The molecule has 0 fully saturated rings. The van der Waals surface area contributed by atoms with E-state index >= 15 is 0 Å². The first kappa shape index (κ1) is 13.1. The van der Waals surface area contributed by atoms with Crippen LogP contribution in [0.5, 0.6) is 0 Å². The van der Waals surface area contributed by atoms with Crippen molar-refractivity contribution < 1.29 is 0 Å². The molecule has 2 aromatic heterocycles. The Balaban J connectivity index is 1.85. The first-order chi connectivity index (χ1) is 9.61. The monoisotopic (exact) mass is 331 g/mol. The van der Waals surface area contributed by atoms with Gasteiger partial charge in [-0.3, -0.25) is 0 Å². The van der Waals surface area contributed by atoms with Crippen LogP contribution in [-0.4, -0.2) is 24.5 Å². The molecule has 3 aromatic rings. The average molecular weight is 332 g/mol. The molecular weight excluding hydrogens is 318 g/mol. The summed E-state index contributed by atoms with van der Waals surface area (Å²) in [5, 5.41) is 8.76. The molecule has 6 heteroatoms. The molecule has 3 rings (SSSR count). The maximum absolute atomic E-state index is 4.39. The van der Waals surface area contributed by atoms with Gasteiger partial charge in [0, 0.05) is 16.2 Å². The van der Waals surface area contributed by atoms with Crippen LogP contribution in [-0.2, 0) is 6.54 Å². The molecule has 0 aliphatic carbocycles. The van der Waals surface area contributed by atoms with Crippen molar-refractivity contribution in [2.75, 3.05) is 0 Å². The van der Waals surface area contributed by atoms with Crippen LogP contribution in [0, 0.1) is 13.8 Å². The van der Waals surface area contributed by atoms with E-state index in [1.165, 1.54) is 0 Å². The lowest BCUT2D eigenvalue weighted by Crippen LogP contribution is -2.03. The summed E-state index contributed by atoms with van der Waals surface area (Å²) >= 11 is 3.47. The third-order valence-electron chi connectivity index (χ3n) is 3.00. The molecule has 0 spiro atoms. The zero-order valence-electron chi connectivity index (χ0n) is 11.3. The van der Waals surface area contributed by atoms with E-state index in [1.54, 1.807) is 0 Å². The molecule has 102 valence electrons. The second kappa shape index (κ2) is 5.20. The second-order valence-electron chi connectivity index (χ2n) is 4.64. The largest absolute Gasteiger partial charge is 0.246 e. The number of aryl methyl sites for hydroxylation is 2. The summed E-state index contributed by atoms with van der Waals surface area (Å²) in [5.74, 6) is 1.71. The number of hydrogen-bond donors (Lipinski definition) is 0. The molecule has 0 saturated carbocycles. The number of halogens is 1. The van der Waals surface area contributed by atoms with Gasteiger partial charge >= 0.3 is 0 Å². The Labute approximate surface area is 125 Å². The van der Waals surface area contributed by atoms with Crippen molar-refractivity contribution >= 4 is 15.9 Å². The van der Waals surface area contributed by atoms with Gasteiger partial charge in [-0.1, -0.05) is 22.0 Å². The lowest BCUT2D eigenvalue weighted by Gasteiger charge is -2.02. The smallest absolute Gasteiger partial charge is 0.147 e. The minimum Gasteiger partial charge on any atom is -0.246 e. The topological polar surface area (TPSA) is 48.5 Å². The average Bonchev–Trinajstić information content (AvgIpc) is 2.97. The van der Waals surface area contributed by atoms with Crippen molar-refractivity contribution in [2.45, 2.75) is 20.4 Å². The van der Waals surface area contributed by atoms with Crippen LogP contribution in [0.4, 0.5) is 0 Å². The number of rotatable bonds is 3. The fraction of sp³-hybridized carbons (Fsp3) is 0.214. The summed E-state index contributed by atoms with van der Waals surface area (Å²) < 4.78 is 4.78. The molecule has 1 aromatic carbocycles. The van der Waals surface area contributed by atoms with E-state index in [4.69, 9.17) is 0 Å². The molecule has 0 amide bonds. The lowest BCUT2D eigenvalue weighted by atomic mass is 10.3. The molecule has 0 atom stereocenters. The Bertz CT molecular complexity index is 744. The highest BCUT2D eigenvalue weighted by molar-refractivity contribution is 9.10. The summed E-state index contributed by atoms with van der Waals surface area (Å²) in [4.78, 5) is 4.30. The Morgan fingerprint density at radius 3 is 2.80 bits per heavy atom. The van der Waals surface area contributed by atoms with Gasteiger partial charge in [-0.05, 0) is 32.0 Å². The van der Waals surface area contributed by atoms with E-state index in [2.05, 4.69) is 31.1 Å². The second-order valence-corrected chi connectivity index (χ2v) is 5.55. The van der Waals surface area contributed by atoms with Crippen LogP contribution < -0.4 is 0 Å².